The first-order chi connectivity index (χ1) is 15.7. The lowest BCUT2D eigenvalue weighted by Gasteiger charge is -2.19. The van der Waals surface area contributed by atoms with E-state index in [1.54, 1.807) is 45.2 Å². The minimum absolute atomic E-state index is 0.260. The van der Waals surface area contributed by atoms with Crippen molar-refractivity contribution >= 4 is 45.7 Å². The molecule has 7 nitrogen and oxygen atoms in total. The number of carbonyl (C=O) groups excluding carboxylic acids is 1. The first-order valence-electron chi connectivity index (χ1n) is 10.1. The Hall–Kier alpha value is -3.78. The number of hydrogen-bond donors (Lipinski definition) is 2. The van der Waals surface area contributed by atoms with Crippen LogP contribution in [0.5, 0.6) is 0 Å². The van der Waals surface area contributed by atoms with Crippen molar-refractivity contribution in [1.29, 1.82) is 0 Å². The Bertz CT molecular complexity index is 1340. The predicted molar refractivity (Wildman–Crippen MR) is 127 cm³/mol. The van der Waals surface area contributed by atoms with E-state index >= 15 is 0 Å². The van der Waals surface area contributed by atoms with E-state index in [0.717, 1.165) is 11.1 Å². The fraction of sp³-hybridized carbons (Fsp3) is 0.167. The Morgan fingerprint density at radius 1 is 1.06 bits per heavy atom. The van der Waals surface area contributed by atoms with Gasteiger partial charge in [-0.2, -0.15) is 10.2 Å². The second-order valence-electron chi connectivity index (χ2n) is 8.30. The molecule has 2 aromatic heterocycles. The van der Waals surface area contributed by atoms with Crippen molar-refractivity contribution < 1.29 is 13.9 Å². The molecule has 2 heterocycles. The summed E-state index contributed by atoms with van der Waals surface area (Å²) in [4.78, 5) is 16.4. The van der Waals surface area contributed by atoms with Crippen molar-refractivity contribution in [2.24, 2.45) is 0 Å². The number of hydrogen-bond acceptors (Lipinski definition) is 6. The number of ether oxygens (including phenoxy) is 1. The van der Waals surface area contributed by atoms with Gasteiger partial charge in [0.1, 0.15) is 11.4 Å². The van der Waals surface area contributed by atoms with E-state index in [9.17, 15) is 9.18 Å². The Morgan fingerprint density at radius 3 is 2.67 bits per heavy atom. The van der Waals surface area contributed by atoms with Crippen molar-refractivity contribution in [3.05, 3.63) is 71.8 Å². The maximum absolute atomic E-state index is 14.2. The van der Waals surface area contributed by atoms with Crippen LogP contribution in [0.1, 0.15) is 20.8 Å². The lowest BCUT2D eigenvalue weighted by molar-refractivity contribution is 0.0636. The summed E-state index contributed by atoms with van der Waals surface area (Å²) in [5.41, 5.74) is 2.61. The van der Waals surface area contributed by atoms with Gasteiger partial charge in [0.15, 0.2) is 0 Å². The summed E-state index contributed by atoms with van der Waals surface area (Å²) in [6.45, 7) is 5.39. The van der Waals surface area contributed by atoms with Crippen LogP contribution < -0.4 is 10.6 Å². The number of benzene rings is 2. The highest BCUT2D eigenvalue weighted by molar-refractivity contribution is 6.30. The Labute approximate surface area is 195 Å². The Morgan fingerprint density at radius 2 is 1.88 bits per heavy atom. The summed E-state index contributed by atoms with van der Waals surface area (Å²) in [7, 11) is 0. The van der Waals surface area contributed by atoms with Gasteiger partial charge in [0.2, 0.25) is 0 Å². The Balaban J connectivity index is 1.59. The van der Waals surface area contributed by atoms with Crippen molar-refractivity contribution in [2.45, 2.75) is 26.4 Å². The second kappa shape index (κ2) is 8.99. The van der Waals surface area contributed by atoms with Crippen LogP contribution in [0.2, 0.25) is 5.02 Å². The van der Waals surface area contributed by atoms with Gasteiger partial charge in [0.25, 0.3) is 0 Å². The van der Waals surface area contributed by atoms with Gasteiger partial charge < -0.3 is 10.1 Å². The quantitative estimate of drug-likeness (QED) is 0.354. The number of fused-ring (bicyclic) bond motifs is 1. The third-order valence-corrected chi connectivity index (χ3v) is 4.76. The fourth-order valence-electron chi connectivity index (χ4n) is 3.17. The summed E-state index contributed by atoms with van der Waals surface area (Å²) in [5.74, 6) is -0.440. The van der Waals surface area contributed by atoms with E-state index in [0.29, 0.717) is 27.6 Å². The Kier molecular flexibility index (Phi) is 6.11. The third kappa shape index (κ3) is 5.53. The van der Waals surface area contributed by atoms with E-state index < -0.39 is 17.5 Å². The zero-order chi connectivity index (χ0) is 23.6. The normalized spacial score (nSPS) is 11.3. The lowest BCUT2D eigenvalue weighted by atomic mass is 10.1. The summed E-state index contributed by atoms with van der Waals surface area (Å²) in [6, 6.07) is 13.1. The van der Waals surface area contributed by atoms with Gasteiger partial charge in [-0.1, -0.05) is 11.6 Å². The van der Waals surface area contributed by atoms with E-state index in [-0.39, 0.29) is 5.56 Å². The minimum atomic E-state index is -0.596. The number of nitrogens with zero attached hydrogens (tertiary/aromatic N) is 3. The number of carbonyl (C=O) groups is 1. The number of pyridine rings is 1. The average Bonchev–Trinajstić information content (AvgIpc) is 2.74. The molecule has 2 aromatic carbocycles. The van der Waals surface area contributed by atoms with Crippen LogP contribution in [-0.4, -0.2) is 26.9 Å². The van der Waals surface area contributed by atoms with Crippen LogP contribution in [-0.2, 0) is 4.74 Å². The minimum Gasteiger partial charge on any atom is -0.444 e. The highest BCUT2D eigenvalue weighted by Crippen LogP contribution is 2.30. The van der Waals surface area contributed by atoms with Gasteiger partial charge in [0, 0.05) is 33.5 Å². The summed E-state index contributed by atoms with van der Waals surface area (Å²) in [5, 5.41) is 15.2. The van der Waals surface area contributed by atoms with Crippen LogP contribution in [0, 0.1) is 5.82 Å². The predicted octanol–water partition coefficient (Wildman–Crippen LogP) is 6.57. The molecule has 0 saturated carbocycles. The molecule has 2 N–H and O–H groups in total. The molecule has 0 atom stereocenters. The first kappa shape index (κ1) is 22.4. The average molecular weight is 466 g/mol. The van der Waals surface area contributed by atoms with E-state index in [4.69, 9.17) is 16.3 Å². The maximum Gasteiger partial charge on any atom is 0.412 e. The molecular formula is C24H21ClFN5O2. The van der Waals surface area contributed by atoms with Crippen LogP contribution in [0.3, 0.4) is 0 Å². The van der Waals surface area contributed by atoms with Gasteiger partial charge in [-0.25, -0.2) is 9.18 Å². The zero-order valence-corrected chi connectivity index (χ0v) is 18.9. The standard InChI is InChI=1S/C24H21ClFN5O2/c1-24(2,3)33-23(32)30-15-5-6-17-20(8-9-27-21(17)11-15)29-16-12-22(31-28-13-16)18-10-14(25)4-7-19(18)26/h4-13H,1-3H3,(H,30,32)(H,27,29,31). The lowest BCUT2D eigenvalue weighted by Crippen LogP contribution is -2.27. The van der Waals surface area contributed by atoms with Gasteiger partial charge in [-0.05, 0) is 69.3 Å². The molecule has 0 aliphatic heterocycles. The fourth-order valence-corrected chi connectivity index (χ4v) is 3.34. The largest absolute Gasteiger partial charge is 0.444 e. The summed E-state index contributed by atoms with van der Waals surface area (Å²) in [6.07, 6.45) is 2.64. The summed E-state index contributed by atoms with van der Waals surface area (Å²) >= 11 is 6.01. The van der Waals surface area contributed by atoms with Crippen molar-refractivity contribution in [2.75, 3.05) is 10.6 Å². The van der Waals surface area contributed by atoms with Crippen LogP contribution in [0.25, 0.3) is 22.2 Å². The number of anilines is 3. The van der Waals surface area contributed by atoms with Crippen molar-refractivity contribution in [1.82, 2.24) is 15.2 Å². The van der Waals surface area contributed by atoms with Gasteiger partial charge in [-0.15, -0.1) is 0 Å². The number of rotatable bonds is 4. The molecule has 0 radical (unpaired) electrons. The van der Waals surface area contributed by atoms with Gasteiger partial charge >= 0.3 is 6.09 Å². The third-order valence-electron chi connectivity index (χ3n) is 4.53. The van der Waals surface area contributed by atoms with Crippen molar-refractivity contribution in [3.63, 3.8) is 0 Å². The topological polar surface area (TPSA) is 89.0 Å². The molecule has 0 bridgehead atoms. The maximum atomic E-state index is 14.2. The molecule has 4 aromatic rings. The summed E-state index contributed by atoms with van der Waals surface area (Å²) < 4.78 is 19.5. The molecule has 0 saturated heterocycles. The molecule has 0 aliphatic carbocycles. The van der Waals surface area contributed by atoms with Crippen LogP contribution in [0.15, 0.2) is 60.9 Å². The number of aromatic nitrogens is 3. The molecule has 4 rings (SSSR count). The number of amides is 1. The second-order valence-corrected chi connectivity index (χ2v) is 8.73. The molecule has 33 heavy (non-hydrogen) atoms. The highest BCUT2D eigenvalue weighted by atomic mass is 35.5. The highest BCUT2D eigenvalue weighted by Gasteiger charge is 2.16. The molecule has 0 unspecified atom stereocenters. The smallest absolute Gasteiger partial charge is 0.412 e. The number of nitrogens with one attached hydrogen (secondary N) is 2. The van der Waals surface area contributed by atoms with Gasteiger partial charge in [-0.3, -0.25) is 10.3 Å². The van der Waals surface area contributed by atoms with Gasteiger partial charge in [0.05, 0.1) is 23.1 Å². The SMILES string of the molecule is CC(C)(C)OC(=O)Nc1ccc2c(Nc3cnnc(-c4cc(Cl)ccc4F)c3)ccnc2c1. The molecule has 1 amide bonds. The molecule has 0 spiro atoms. The zero-order valence-electron chi connectivity index (χ0n) is 18.2. The number of halogens is 2. The molecule has 168 valence electrons. The molecular weight excluding hydrogens is 445 g/mol. The monoisotopic (exact) mass is 465 g/mol. The van der Waals surface area contributed by atoms with Crippen LogP contribution >= 0.6 is 11.6 Å². The van der Waals surface area contributed by atoms with E-state index in [1.165, 1.54) is 24.4 Å². The molecule has 0 aliphatic rings. The van der Waals surface area contributed by atoms with E-state index in [1.807, 2.05) is 12.1 Å². The van der Waals surface area contributed by atoms with E-state index in [2.05, 4.69) is 25.8 Å². The first-order valence-corrected chi connectivity index (χ1v) is 10.5. The molecule has 9 heteroatoms. The van der Waals surface area contributed by atoms with Crippen molar-refractivity contribution in [3.8, 4) is 11.3 Å². The van der Waals surface area contributed by atoms with Crippen LogP contribution in [0.4, 0.5) is 26.2 Å². The molecule has 0 fully saturated rings.